The van der Waals surface area contributed by atoms with Gasteiger partial charge in [-0.1, -0.05) is 13.8 Å². The number of aliphatic hydroxyl groups is 1. The third-order valence-corrected chi connectivity index (χ3v) is 3.61. The van der Waals surface area contributed by atoms with Gasteiger partial charge in [0, 0.05) is 33.4 Å². The van der Waals surface area contributed by atoms with Crippen molar-refractivity contribution in [1.82, 2.24) is 15.6 Å². The van der Waals surface area contributed by atoms with Gasteiger partial charge in [0.1, 0.15) is 5.82 Å². The zero-order valence-electron chi connectivity index (χ0n) is 14.9. The molecule has 2 amide bonds. The number of hydrogen-bond donors (Lipinski definition) is 3. The lowest BCUT2D eigenvalue weighted by atomic mass is 9.95. The molecule has 1 unspecified atom stereocenters. The first-order valence-corrected chi connectivity index (χ1v) is 8.06. The number of aromatic nitrogens is 1. The molecule has 0 saturated carbocycles. The van der Waals surface area contributed by atoms with E-state index in [1.165, 1.54) is 0 Å². The topological polar surface area (TPSA) is 77.5 Å². The van der Waals surface area contributed by atoms with Crippen LogP contribution in [0.15, 0.2) is 18.3 Å². The number of anilines is 1. The predicted molar refractivity (Wildman–Crippen MR) is 93.5 cm³/mol. The summed E-state index contributed by atoms with van der Waals surface area (Å²) in [6, 6.07) is 3.52. The number of nitrogens with one attached hydrogen (secondary N) is 2. The molecule has 0 radical (unpaired) electrons. The van der Waals surface area contributed by atoms with E-state index in [9.17, 15) is 9.90 Å². The van der Waals surface area contributed by atoms with Gasteiger partial charge in [-0.05, 0) is 43.4 Å². The molecular weight excluding hydrogens is 292 g/mol. The van der Waals surface area contributed by atoms with Crippen molar-refractivity contribution in [2.45, 2.75) is 45.8 Å². The number of carbonyl (C=O) groups excluding carboxylic acids is 1. The number of pyridine rings is 1. The Bertz CT molecular complexity index is 501. The smallest absolute Gasteiger partial charge is 0.315 e. The van der Waals surface area contributed by atoms with E-state index >= 15 is 0 Å². The molecule has 0 saturated heterocycles. The maximum Gasteiger partial charge on any atom is 0.315 e. The second-order valence-electron chi connectivity index (χ2n) is 6.88. The minimum absolute atomic E-state index is 0.241. The fourth-order valence-electron chi connectivity index (χ4n) is 2.02. The van der Waals surface area contributed by atoms with Gasteiger partial charge < -0.3 is 20.6 Å². The van der Waals surface area contributed by atoms with E-state index in [0.717, 1.165) is 17.8 Å². The van der Waals surface area contributed by atoms with Crippen LogP contribution in [0.1, 0.15) is 39.2 Å². The summed E-state index contributed by atoms with van der Waals surface area (Å²) in [4.78, 5) is 18.0. The molecule has 1 rings (SSSR count). The van der Waals surface area contributed by atoms with E-state index < -0.39 is 5.60 Å². The van der Waals surface area contributed by atoms with Crippen LogP contribution in [0.25, 0.3) is 0 Å². The number of nitrogens with zero attached hydrogens (tertiary/aromatic N) is 2. The second kappa shape index (κ2) is 8.72. The van der Waals surface area contributed by atoms with Crippen LogP contribution >= 0.6 is 0 Å². The average Bonchev–Trinajstić information content (AvgIpc) is 2.49. The van der Waals surface area contributed by atoms with Crippen molar-refractivity contribution in [3.05, 3.63) is 23.9 Å². The van der Waals surface area contributed by atoms with Crippen LogP contribution in [0.4, 0.5) is 10.6 Å². The Morgan fingerprint density at radius 3 is 2.70 bits per heavy atom. The average molecular weight is 322 g/mol. The Morgan fingerprint density at radius 2 is 2.09 bits per heavy atom. The van der Waals surface area contributed by atoms with Crippen LogP contribution < -0.4 is 15.5 Å². The van der Waals surface area contributed by atoms with Crippen LogP contribution in [0.5, 0.6) is 0 Å². The molecular formula is C17H30N4O2. The molecule has 0 spiro atoms. The molecule has 0 aliphatic carbocycles. The second-order valence-corrected chi connectivity index (χ2v) is 6.88. The monoisotopic (exact) mass is 322 g/mol. The quantitative estimate of drug-likeness (QED) is 0.685. The van der Waals surface area contributed by atoms with Gasteiger partial charge in [-0.2, -0.15) is 0 Å². The highest BCUT2D eigenvalue weighted by atomic mass is 16.3. The maximum absolute atomic E-state index is 11.9. The van der Waals surface area contributed by atoms with Crippen LogP contribution in [0, 0.1) is 5.92 Å². The molecule has 6 heteroatoms. The lowest BCUT2D eigenvalue weighted by Gasteiger charge is -2.24. The Labute approximate surface area is 139 Å². The van der Waals surface area contributed by atoms with E-state index in [-0.39, 0.29) is 12.6 Å². The van der Waals surface area contributed by atoms with E-state index in [1.54, 1.807) is 13.1 Å². The summed E-state index contributed by atoms with van der Waals surface area (Å²) in [5.74, 6) is 1.38. The Balaban J connectivity index is 2.38. The van der Waals surface area contributed by atoms with Crippen LogP contribution in [-0.2, 0) is 6.54 Å². The summed E-state index contributed by atoms with van der Waals surface area (Å²) < 4.78 is 0. The highest BCUT2D eigenvalue weighted by Crippen LogP contribution is 2.15. The van der Waals surface area contributed by atoms with Gasteiger partial charge >= 0.3 is 6.03 Å². The van der Waals surface area contributed by atoms with E-state index in [2.05, 4.69) is 29.5 Å². The first kappa shape index (κ1) is 19.2. The number of hydrogen-bond acceptors (Lipinski definition) is 4. The third-order valence-electron chi connectivity index (χ3n) is 3.61. The van der Waals surface area contributed by atoms with E-state index in [0.29, 0.717) is 18.9 Å². The third kappa shape index (κ3) is 7.83. The van der Waals surface area contributed by atoms with Crippen molar-refractivity contribution in [2.75, 3.05) is 25.5 Å². The summed E-state index contributed by atoms with van der Waals surface area (Å²) in [6.07, 6.45) is 3.32. The zero-order chi connectivity index (χ0) is 17.5. The SMILES string of the molecule is CC(C)CCC(C)(O)CNC(=O)NCc1ccnc(N(C)C)c1. The van der Waals surface area contributed by atoms with Gasteiger partial charge in [0.25, 0.3) is 0 Å². The van der Waals surface area contributed by atoms with E-state index in [4.69, 9.17) is 0 Å². The number of amides is 2. The number of rotatable bonds is 8. The van der Waals surface area contributed by atoms with Crippen LogP contribution in [0.3, 0.4) is 0 Å². The molecule has 1 aromatic heterocycles. The molecule has 0 fully saturated rings. The number of carbonyl (C=O) groups is 1. The fraction of sp³-hybridized carbons (Fsp3) is 0.647. The van der Waals surface area contributed by atoms with Gasteiger partial charge in [0.15, 0.2) is 0 Å². The molecule has 130 valence electrons. The predicted octanol–water partition coefficient (Wildman–Crippen LogP) is 2.13. The molecule has 3 N–H and O–H groups in total. The van der Waals surface area contributed by atoms with Crippen LogP contribution in [0.2, 0.25) is 0 Å². The lowest BCUT2D eigenvalue weighted by Crippen LogP contribution is -2.44. The molecule has 0 bridgehead atoms. The first-order valence-electron chi connectivity index (χ1n) is 8.06. The molecule has 1 heterocycles. The fourth-order valence-corrected chi connectivity index (χ4v) is 2.02. The van der Waals surface area contributed by atoms with Gasteiger partial charge in [0.05, 0.1) is 5.60 Å². The highest BCUT2D eigenvalue weighted by Gasteiger charge is 2.21. The van der Waals surface area contributed by atoms with Crippen molar-refractivity contribution in [2.24, 2.45) is 5.92 Å². The van der Waals surface area contributed by atoms with Crippen molar-refractivity contribution in [3.8, 4) is 0 Å². The van der Waals surface area contributed by atoms with Gasteiger partial charge in [-0.25, -0.2) is 9.78 Å². The van der Waals surface area contributed by atoms with Gasteiger partial charge in [-0.15, -0.1) is 0 Å². The molecule has 0 aliphatic rings. The molecule has 23 heavy (non-hydrogen) atoms. The number of urea groups is 1. The molecule has 1 atom stereocenters. The standard InChI is InChI=1S/C17H30N4O2/c1-13(2)6-8-17(3,23)12-20-16(22)19-11-14-7-9-18-15(10-14)21(4)5/h7,9-10,13,23H,6,8,11-12H2,1-5H3,(H2,19,20,22). The summed E-state index contributed by atoms with van der Waals surface area (Å²) in [6.45, 7) is 6.65. The minimum atomic E-state index is -0.879. The van der Waals surface area contributed by atoms with Crippen molar-refractivity contribution >= 4 is 11.8 Å². The zero-order valence-corrected chi connectivity index (χ0v) is 14.9. The first-order chi connectivity index (χ1) is 10.7. The normalized spacial score (nSPS) is 13.5. The minimum Gasteiger partial charge on any atom is -0.388 e. The lowest BCUT2D eigenvalue weighted by molar-refractivity contribution is 0.0476. The van der Waals surface area contributed by atoms with Crippen molar-refractivity contribution in [1.29, 1.82) is 0 Å². The van der Waals surface area contributed by atoms with Gasteiger partial charge in [0.2, 0.25) is 0 Å². The summed E-state index contributed by atoms with van der Waals surface area (Å²) in [5.41, 5.74) is 0.0986. The van der Waals surface area contributed by atoms with Gasteiger partial charge in [-0.3, -0.25) is 0 Å². The molecule has 1 aromatic rings. The van der Waals surface area contributed by atoms with Crippen LogP contribution in [-0.4, -0.2) is 42.4 Å². The highest BCUT2D eigenvalue weighted by molar-refractivity contribution is 5.73. The summed E-state index contributed by atoms with van der Waals surface area (Å²) in [5, 5.41) is 15.8. The van der Waals surface area contributed by atoms with Crippen molar-refractivity contribution in [3.63, 3.8) is 0 Å². The Hall–Kier alpha value is -1.82. The summed E-state index contributed by atoms with van der Waals surface area (Å²) in [7, 11) is 3.84. The molecule has 6 nitrogen and oxygen atoms in total. The largest absolute Gasteiger partial charge is 0.388 e. The van der Waals surface area contributed by atoms with Crippen molar-refractivity contribution < 1.29 is 9.90 Å². The summed E-state index contributed by atoms with van der Waals surface area (Å²) >= 11 is 0. The molecule has 0 aliphatic heterocycles. The van der Waals surface area contributed by atoms with E-state index in [1.807, 2.05) is 31.1 Å². The Kier molecular flexibility index (Phi) is 7.29. The maximum atomic E-state index is 11.9. The molecule has 0 aromatic carbocycles. The Morgan fingerprint density at radius 1 is 1.39 bits per heavy atom.